The molecule has 0 saturated carbocycles. The van der Waals surface area contributed by atoms with Crippen molar-refractivity contribution in [2.24, 2.45) is 0 Å². The molecule has 1 aliphatic heterocycles. The zero-order valence-electron chi connectivity index (χ0n) is 50.5. The smallest absolute Gasteiger partial charge is 0.249 e. The minimum absolute atomic E-state index is 0.300. The predicted molar refractivity (Wildman–Crippen MR) is 328 cm³/mol. The van der Waals surface area contributed by atoms with Crippen LogP contribution in [0.5, 0.6) is 0 Å². The van der Waals surface area contributed by atoms with Gasteiger partial charge in [0.15, 0.2) is 6.29 Å². The summed E-state index contributed by atoms with van der Waals surface area (Å²) < 4.78 is 11.2. The molecule has 1 fully saturated rings. The highest BCUT2D eigenvalue weighted by molar-refractivity contribution is 5.80. The molecule has 0 aromatic rings. The van der Waals surface area contributed by atoms with Crippen LogP contribution in [-0.4, -0.2) is 98.7 Å². The molecule has 0 aromatic carbocycles. The third kappa shape index (κ3) is 44.5. The molecule has 7 N–H and O–H groups in total. The summed E-state index contributed by atoms with van der Waals surface area (Å²) in [5, 5.41) is 65.1. The number of hydrogen-bond donors (Lipinski definition) is 7. The molecule has 10 heteroatoms. The Balaban J connectivity index is 2.11. The standard InChI is InChI=1S/C68H125NO9/c1-3-5-7-9-11-13-15-17-19-20-21-22-23-24-25-26-27-28-29-30-31-32-33-34-35-36-37-38-39-40-41-43-45-47-49-51-53-55-57-62(72)67(76)69-60(59-77-68-66(75)65(74)64(73)63(58-70)78-68)61(71)56-54-52-50-48-46-44-42-18-16-14-12-10-8-6-4-2/h16,18,27-28,30-31,46,48,54,56,60-66,68,70-75H,3-15,17,19-26,29,32-45,47,49-53,55,57-59H2,1-2H3,(H,69,76)/b18-16+,28-27-,31-30-,48-46+,56-54+. The normalized spacial score (nSPS) is 19.4. The second-order valence-electron chi connectivity index (χ2n) is 23.0. The summed E-state index contributed by atoms with van der Waals surface area (Å²) >= 11 is 0. The number of allylic oxidation sites excluding steroid dienone is 9. The van der Waals surface area contributed by atoms with E-state index < -0.39 is 61.5 Å². The van der Waals surface area contributed by atoms with E-state index in [2.05, 4.69) is 67.8 Å². The molecule has 456 valence electrons. The van der Waals surface area contributed by atoms with Crippen LogP contribution in [0.3, 0.4) is 0 Å². The van der Waals surface area contributed by atoms with Gasteiger partial charge < -0.3 is 45.4 Å². The molecule has 0 aliphatic carbocycles. The predicted octanol–water partition coefficient (Wildman–Crippen LogP) is 16.4. The van der Waals surface area contributed by atoms with Crippen LogP contribution in [0.15, 0.2) is 60.8 Å². The van der Waals surface area contributed by atoms with Crippen molar-refractivity contribution in [3.63, 3.8) is 0 Å². The number of carbonyl (C=O) groups excluding carboxylic acids is 1. The fraction of sp³-hybridized carbons (Fsp3) is 0.838. The van der Waals surface area contributed by atoms with E-state index in [1.165, 1.54) is 218 Å². The largest absolute Gasteiger partial charge is 0.394 e. The second-order valence-corrected chi connectivity index (χ2v) is 23.0. The number of carbonyl (C=O) groups is 1. The van der Waals surface area contributed by atoms with Gasteiger partial charge in [-0.1, -0.05) is 286 Å². The van der Waals surface area contributed by atoms with Gasteiger partial charge in [-0.05, 0) is 77.0 Å². The van der Waals surface area contributed by atoms with Gasteiger partial charge in [0, 0.05) is 0 Å². The van der Waals surface area contributed by atoms with Crippen molar-refractivity contribution in [2.45, 2.75) is 352 Å². The lowest BCUT2D eigenvalue weighted by Gasteiger charge is -2.40. The van der Waals surface area contributed by atoms with Gasteiger partial charge in [-0.25, -0.2) is 0 Å². The minimum atomic E-state index is -1.62. The number of hydrogen-bond acceptors (Lipinski definition) is 9. The van der Waals surface area contributed by atoms with Crippen LogP contribution in [-0.2, 0) is 14.3 Å². The first kappa shape index (κ1) is 73.9. The SMILES string of the molecule is CCCCCCC/C=C/CC/C=C/CC/C=C/C(O)C(COC1OC(CO)C(O)C(O)C1O)NC(=O)C(O)CCCCCCCCCCCCCCCCCC/C=C\C/C=C\CCCCCCCCCCCCCCCCC. The van der Waals surface area contributed by atoms with E-state index in [-0.39, 0.29) is 6.61 Å². The van der Waals surface area contributed by atoms with Crippen LogP contribution in [0.2, 0.25) is 0 Å². The maximum absolute atomic E-state index is 13.1. The minimum Gasteiger partial charge on any atom is -0.394 e. The average molecular weight is 1100 g/mol. The van der Waals surface area contributed by atoms with E-state index in [0.29, 0.717) is 19.3 Å². The summed E-state index contributed by atoms with van der Waals surface area (Å²) in [6.07, 6.45) is 68.0. The van der Waals surface area contributed by atoms with Crippen molar-refractivity contribution in [1.82, 2.24) is 5.32 Å². The van der Waals surface area contributed by atoms with E-state index in [9.17, 15) is 35.4 Å². The first-order valence-electron chi connectivity index (χ1n) is 33.1. The molecule has 10 nitrogen and oxygen atoms in total. The van der Waals surface area contributed by atoms with Crippen LogP contribution in [0.4, 0.5) is 0 Å². The molecule has 0 spiro atoms. The zero-order chi connectivity index (χ0) is 56.6. The molecule has 1 heterocycles. The van der Waals surface area contributed by atoms with Crippen LogP contribution < -0.4 is 5.32 Å². The van der Waals surface area contributed by atoms with Gasteiger partial charge in [0.2, 0.25) is 5.91 Å². The Morgan fingerprint density at radius 2 is 0.795 bits per heavy atom. The van der Waals surface area contributed by atoms with Crippen molar-refractivity contribution < 1.29 is 44.9 Å². The van der Waals surface area contributed by atoms with E-state index >= 15 is 0 Å². The van der Waals surface area contributed by atoms with Crippen LogP contribution in [0.25, 0.3) is 0 Å². The van der Waals surface area contributed by atoms with Crippen LogP contribution in [0.1, 0.15) is 303 Å². The molecule has 8 atom stereocenters. The first-order chi connectivity index (χ1) is 38.3. The number of ether oxygens (including phenoxy) is 2. The number of aliphatic hydroxyl groups is 6. The number of rotatable bonds is 57. The summed E-state index contributed by atoms with van der Waals surface area (Å²) in [7, 11) is 0. The van der Waals surface area contributed by atoms with Crippen molar-refractivity contribution >= 4 is 5.91 Å². The Kier molecular flexibility index (Phi) is 53.7. The summed E-state index contributed by atoms with van der Waals surface area (Å²) in [4.78, 5) is 13.1. The van der Waals surface area contributed by atoms with Crippen LogP contribution >= 0.6 is 0 Å². The zero-order valence-corrected chi connectivity index (χ0v) is 50.5. The number of unbranched alkanes of at least 4 members (excludes halogenated alkanes) is 38. The van der Waals surface area contributed by atoms with Gasteiger partial charge in [-0.3, -0.25) is 4.79 Å². The average Bonchev–Trinajstić information content (AvgIpc) is 3.44. The number of amides is 1. The van der Waals surface area contributed by atoms with Gasteiger partial charge in [0.1, 0.15) is 30.5 Å². The van der Waals surface area contributed by atoms with Gasteiger partial charge in [0.25, 0.3) is 0 Å². The monoisotopic (exact) mass is 1100 g/mol. The first-order valence-corrected chi connectivity index (χ1v) is 33.1. The highest BCUT2D eigenvalue weighted by Crippen LogP contribution is 2.23. The Morgan fingerprint density at radius 1 is 0.449 bits per heavy atom. The van der Waals surface area contributed by atoms with Gasteiger partial charge >= 0.3 is 0 Å². The highest BCUT2D eigenvalue weighted by Gasteiger charge is 2.44. The molecule has 0 radical (unpaired) electrons. The van der Waals surface area contributed by atoms with Gasteiger partial charge in [0.05, 0.1) is 25.4 Å². The second kappa shape index (κ2) is 56.7. The lowest BCUT2D eigenvalue weighted by Crippen LogP contribution is -2.60. The molecule has 8 unspecified atom stereocenters. The van der Waals surface area contributed by atoms with E-state index in [1.54, 1.807) is 6.08 Å². The van der Waals surface area contributed by atoms with Crippen molar-refractivity contribution in [3.05, 3.63) is 60.8 Å². The Bertz CT molecular complexity index is 1430. The molecule has 1 rings (SSSR count). The van der Waals surface area contributed by atoms with E-state index in [0.717, 1.165) is 51.4 Å². The van der Waals surface area contributed by atoms with E-state index in [4.69, 9.17) is 9.47 Å². The Hall–Kier alpha value is -2.15. The molecule has 78 heavy (non-hydrogen) atoms. The molecular formula is C68H125NO9. The topological polar surface area (TPSA) is 169 Å². The lowest BCUT2D eigenvalue weighted by molar-refractivity contribution is -0.302. The molecule has 0 aromatic heterocycles. The Morgan fingerprint density at radius 3 is 1.19 bits per heavy atom. The molecular weight excluding hydrogens is 975 g/mol. The van der Waals surface area contributed by atoms with E-state index in [1.807, 2.05) is 6.08 Å². The third-order valence-electron chi connectivity index (χ3n) is 15.7. The summed E-state index contributed by atoms with van der Waals surface area (Å²) in [5.74, 6) is -0.629. The molecule has 0 bridgehead atoms. The van der Waals surface area contributed by atoms with Crippen molar-refractivity contribution in [2.75, 3.05) is 13.2 Å². The molecule has 1 amide bonds. The lowest BCUT2D eigenvalue weighted by atomic mass is 9.99. The third-order valence-corrected chi connectivity index (χ3v) is 15.7. The quantitative estimate of drug-likeness (QED) is 0.0232. The fourth-order valence-corrected chi connectivity index (χ4v) is 10.3. The number of aliphatic hydroxyl groups excluding tert-OH is 6. The maximum Gasteiger partial charge on any atom is 0.249 e. The van der Waals surface area contributed by atoms with Gasteiger partial charge in [-0.2, -0.15) is 0 Å². The molecule has 1 aliphatic rings. The fourth-order valence-electron chi connectivity index (χ4n) is 10.3. The number of nitrogens with one attached hydrogen (secondary N) is 1. The molecule has 1 saturated heterocycles. The highest BCUT2D eigenvalue weighted by atomic mass is 16.7. The summed E-state index contributed by atoms with van der Waals surface area (Å²) in [5.41, 5.74) is 0. The maximum atomic E-state index is 13.1. The summed E-state index contributed by atoms with van der Waals surface area (Å²) in [6.45, 7) is 3.60. The van der Waals surface area contributed by atoms with Gasteiger partial charge in [-0.15, -0.1) is 0 Å². The van der Waals surface area contributed by atoms with Crippen LogP contribution in [0, 0.1) is 0 Å². The van der Waals surface area contributed by atoms with Crippen molar-refractivity contribution in [3.8, 4) is 0 Å². The Labute approximate surface area is 479 Å². The van der Waals surface area contributed by atoms with Crippen molar-refractivity contribution in [1.29, 1.82) is 0 Å². The summed E-state index contributed by atoms with van der Waals surface area (Å²) in [6, 6.07) is -1.01.